The molecule has 7 heavy (non-hydrogen) atoms. The highest BCUT2D eigenvalue weighted by molar-refractivity contribution is 14.1. The van der Waals surface area contributed by atoms with Crippen molar-refractivity contribution in [1.82, 2.24) is 5.32 Å². The molecule has 3 heteroatoms. The van der Waals surface area contributed by atoms with Crippen molar-refractivity contribution in [3.8, 4) is 0 Å². The predicted octanol–water partition coefficient (Wildman–Crippen LogP) is 1.29. The Bertz CT molecular complexity index is 89.7. The van der Waals surface area contributed by atoms with Gasteiger partial charge in [0, 0.05) is 28.6 Å². The number of halogens is 1. The molecule has 0 saturated heterocycles. The summed E-state index contributed by atoms with van der Waals surface area (Å²) in [6, 6.07) is 0.518. The first-order valence-corrected chi connectivity index (χ1v) is 3.33. The highest BCUT2D eigenvalue weighted by atomic mass is 127. The smallest absolute Gasteiger partial charge is 0.280 e. The van der Waals surface area contributed by atoms with Crippen molar-refractivity contribution in [2.75, 3.05) is 0 Å². The minimum atomic E-state index is 0.0695. The van der Waals surface area contributed by atoms with E-state index in [0.717, 1.165) is 0 Å². The van der Waals surface area contributed by atoms with Crippen molar-refractivity contribution < 1.29 is 4.79 Å². The van der Waals surface area contributed by atoms with Crippen LogP contribution < -0.4 is 5.32 Å². The number of carbonyl (C=O) groups excluding carboxylic acids is 1. The number of nitrogens with one attached hydrogen (secondary N) is 1. The van der Waals surface area contributed by atoms with Crippen molar-refractivity contribution in [1.29, 1.82) is 0 Å². The van der Waals surface area contributed by atoms with Gasteiger partial charge in [-0.05, 0) is 12.8 Å². The number of hydrogen-bond acceptors (Lipinski definition) is 1. The van der Waals surface area contributed by atoms with Gasteiger partial charge in [0.1, 0.15) is 0 Å². The Balaban J connectivity index is 2.08. The normalized spacial score (nSPS) is 19.0. The van der Waals surface area contributed by atoms with E-state index in [-0.39, 0.29) is 3.91 Å². The van der Waals surface area contributed by atoms with Gasteiger partial charge < -0.3 is 5.32 Å². The average molecular weight is 211 g/mol. The van der Waals surface area contributed by atoms with E-state index in [1.807, 2.05) is 0 Å². The van der Waals surface area contributed by atoms with Crippen LogP contribution in [0.25, 0.3) is 0 Å². The molecule has 1 aliphatic rings. The van der Waals surface area contributed by atoms with Crippen LogP contribution in [0.2, 0.25) is 0 Å². The molecule has 1 amide bonds. The second-order valence-corrected chi connectivity index (χ2v) is 2.67. The van der Waals surface area contributed by atoms with Crippen LogP contribution in [-0.4, -0.2) is 9.96 Å². The third-order valence-corrected chi connectivity index (χ3v) is 1.21. The summed E-state index contributed by atoms with van der Waals surface area (Å²) < 4.78 is 0.0695. The summed E-state index contributed by atoms with van der Waals surface area (Å²) in [5, 5.41) is 2.76. The molecular formula is C4H6INO. The van der Waals surface area contributed by atoms with Gasteiger partial charge in [-0.2, -0.15) is 0 Å². The van der Waals surface area contributed by atoms with Crippen LogP contribution in [0.4, 0.5) is 4.79 Å². The molecular weight excluding hydrogens is 205 g/mol. The molecule has 1 N–H and O–H groups in total. The van der Waals surface area contributed by atoms with Gasteiger partial charge in [-0.3, -0.25) is 4.79 Å². The van der Waals surface area contributed by atoms with Crippen LogP contribution in [0.3, 0.4) is 0 Å². The van der Waals surface area contributed by atoms with Gasteiger partial charge in [-0.15, -0.1) is 0 Å². The molecule has 2 nitrogen and oxygen atoms in total. The van der Waals surface area contributed by atoms with Crippen molar-refractivity contribution >= 4 is 26.5 Å². The number of carbonyl (C=O) groups is 1. The summed E-state index contributed by atoms with van der Waals surface area (Å²) in [7, 11) is 0. The fourth-order valence-corrected chi connectivity index (χ4v) is 0.829. The molecule has 1 aliphatic carbocycles. The van der Waals surface area contributed by atoms with Crippen molar-refractivity contribution in [2.24, 2.45) is 0 Å². The quantitative estimate of drug-likeness (QED) is 0.395. The van der Waals surface area contributed by atoms with E-state index >= 15 is 0 Å². The van der Waals surface area contributed by atoms with Crippen LogP contribution in [0.1, 0.15) is 12.8 Å². The van der Waals surface area contributed by atoms with E-state index in [0.29, 0.717) is 6.04 Å². The molecule has 0 aromatic heterocycles. The Kier molecular flexibility index (Phi) is 1.51. The maximum Gasteiger partial charge on any atom is 0.280 e. The third kappa shape index (κ3) is 2.11. The van der Waals surface area contributed by atoms with Crippen molar-refractivity contribution in [3.63, 3.8) is 0 Å². The lowest BCUT2D eigenvalue weighted by Crippen LogP contribution is -2.17. The SMILES string of the molecule is O=C(I)NC1CC1. The van der Waals surface area contributed by atoms with Gasteiger partial charge in [0.15, 0.2) is 0 Å². The summed E-state index contributed by atoms with van der Waals surface area (Å²) in [4.78, 5) is 10.2. The fraction of sp³-hybridized carbons (Fsp3) is 0.750. The Morgan fingerprint density at radius 1 is 1.71 bits per heavy atom. The first-order valence-electron chi connectivity index (χ1n) is 2.25. The van der Waals surface area contributed by atoms with Crippen molar-refractivity contribution in [2.45, 2.75) is 18.9 Å². The van der Waals surface area contributed by atoms with Crippen LogP contribution in [-0.2, 0) is 0 Å². The molecule has 1 saturated carbocycles. The van der Waals surface area contributed by atoms with E-state index in [1.165, 1.54) is 12.8 Å². The molecule has 40 valence electrons. The molecule has 1 fully saturated rings. The van der Waals surface area contributed by atoms with Gasteiger partial charge in [0.2, 0.25) is 0 Å². The van der Waals surface area contributed by atoms with Crippen LogP contribution in [0.15, 0.2) is 0 Å². The highest BCUT2D eigenvalue weighted by Crippen LogP contribution is 2.18. The Morgan fingerprint density at radius 3 is 2.43 bits per heavy atom. The van der Waals surface area contributed by atoms with Crippen LogP contribution in [0.5, 0.6) is 0 Å². The molecule has 1 rings (SSSR count). The van der Waals surface area contributed by atoms with Crippen LogP contribution >= 0.6 is 22.6 Å². The zero-order valence-corrected chi connectivity index (χ0v) is 5.94. The maximum atomic E-state index is 10.2. The Labute approximate surface area is 55.8 Å². The van der Waals surface area contributed by atoms with E-state index in [1.54, 1.807) is 22.6 Å². The van der Waals surface area contributed by atoms with Gasteiger partial charge >= 0.3 is 0 Å². The van der Waals surface area contributed by atoms with E-state index in [2.05, 4.69) is 5.32 Å². The van der Waals surface area contributed by atoms with Gasteiger partial charge in [-0.1, -0.05) is 0 Å². The zero-order chi connectivity index (χ0) is 5.28. The van der Waals surface area contributed by atoms with Gasteiger partial charge in [0.05, 0.1) is 0 Å². The molecule has 0 aromatic carbocycles. The summed E-state index contributed by atoms with van der Waals surface area (Å²) in [6.07, 6.45) is 2.35. The molecule has 0 unspecified atom stereocenters. The van der Waals surface area contributed by atoms with E-state index < -0.39 is 0 Å². The molecule has 0 radical (unpaired) electrons. The highest BCUT2D eigenvalue weighted by Gasteiger charge is 2.21. The first-order chi connectivity index (χ1) is 3.29. The molecule has 0 aliphatic heterocycles. The third-order valence-electron chi connectivity index (χ3n) is 0.895. The summed E-state index contributed by atoms with van der Waals surface area (Å²) in [6.45, 7) is 0. The van der Waals surface area contributed by atoms with E-state index in [4.69, 9.17) is 0 Å². The van der Waals surface area contributed by atoms with E-state index in [9.17, 15) is 4.79 Å². The maximum absolute atomic E-state index is 10.2. The molecule has 0 heterocycles. The second-order valence-electron chi connectivity index (χ2n) is 1.69. The predicted molar refractivity (Wildman–Crippen MR) is 35.6 cm³/mol. The lowest BCUT2D eigenvalue weighted by molar-refractivity contribution is 0.262. The number of rotatable bonds is 1. The molecule has 0 aromatic rings. The monoisotopic (exact) mass is 211 g/mol. The largest absolute Gasteiger partial charge is 0.345 e. The summed E-state index contributed by atoms with van der Waals surface area (Å²) in [5.74, 6) is 0. The second kappa shape index (κ2) is 1.98. The number of amides is 1. The van der Waals surface area contributed by atoms with Crippen LogP contribution in [0, 0.1) is 0 Å². The summed E-state index contributed by atoms with van der Waals surface area (Å²) in [5.41, 5.74) is 0. The molecule has 0 atom stereocenters. The molecule has 0 spiro atoms. The van der Waals surface area contributed by atoms with Crippen molar-refractivity contribution in [3.05, 3.63) is 0 Å². The molecule has 0 bridgehead atoms. The van der Waals surface area contributed by atoms with Gasteiger partial charge in [0.25, 0.3) is 3.91 Å². The fourth-order valence-electron chi connectivity index (χ4n) is 0.388. The standard InChI is InChI=1S/C4H6INO/c5-4(7)6-3-1-2-3/h3H,1-2H2,(H,6,7). The Hall–Kier alpha value is 0.200. The first kappa shape index (κ1) is 5.34. The minimum absolute atomic E-state index is 0.0695. The Morgan fingerprint density at radius 2 is 2.29 bits per heavy atom. The number of hydrogen-bond donors (Lipinski definition) is 1. The zero-order valence-electron chi connectivity index (χ0n) is 3.78. The lowest BCUT2D eigenvalue weighted by Gasteiger charge is -1.90. The lowest BCUT2D eigenvalue weighted by atomic mass is 10.7. The topological polar surface area (TPSA) is 29.1 Å². The average Bonchev–Trinajstić information content (AvgIpc) is 2.17. The minimum Gasteiger partial charge on any atom is -0.345 e. The summed E-state index contributed by atoms with van der Waals surface area (Å²) >= 11 is 1.75. The van der Waals surface area contributed by atoms with Gasteiger partial charge in [-0.25, -0.2) is 0 Å².